The number of aliphatic hydroxyl groups is 1. The smallest absolute Gasteiger partial charge is 0.336 e. The average molecular weight is 461 g/mol. The average Bonchev–Trinajstić information content (AvgIpc) is 3.06. The summed E-state index contributed by atoms with van der Waals surface area (Å²) in [6.45, 7) is 0.528. The van der Waals surface area contributed by atoms with Crippen LogP contribution in [-0.2, 0) is 28.8 Å². The molecule has 176 valence electrons. The van der Waals surface area contributed by atoms with Gasteiger partial charge in [0.25, 0.3) is 11.8 Å². The summed E-state index contributed by atoms with van der Waals surface area (Å²) in [6, 6.07) is 4.51. The lowest BCUT2D eigenvalue weighted by Gasteiger charge is -2.39. The highest BCUT2D eigenvalue weighted by Crippen LogP contribution is 2.33. The molecule has 1 aromatic carbocycles. The van der Waals surface area contributed by atoms with E-state index in [1.165, 1.54) is 6.07 Å². The van der Waals surface area contributed by atoms with Crippen molar-refractivity contribution in [1.29, 1.82) is 0 Å². The molecule has 11 heteroatoms. The van der Waals surface area contributed by atoms with Crippen molar-refractivity contribution in [3.63, 3.8) is 0 Å². The third-order valence-corrected chi connectivity index (χ3v) is 6.32. The minimum Gasteiger partial charge on any atom is -0.389 e. The minimum atomic E-state index is -1.40. The van der Waals surface area contributed by atoms with Gasteiger partial charge >= 0.3 is 5.97 Å². The number of piperidine rings is 2. The van der Waals surface area contributed by atoms with Crippen LogP contribution in [0.1, 0.15) is 56.4 Å². The quantitative estimate of drug-likeness (QED) is 0.612. The van der Waals surface area contributed by atoms with E-state index >= 15 is 0 Å². The number of halogens is 1. The van der Waals surface area contributed by atoms with Gasteiger partial charge in [-0.05, 0) is 37.0 Å². The van der Waals surface area contributed by atoms with Crippen LogP contribution in [0.5, 0.6) is 0 Å². The molecule has 10 nitrogen and oxygen atoms in total. The van der Waals surface area contributed by atoms with Crippen molar-refractivity contribution in [3.05, 3.63) is 29.6 Å². The molecule has 2 N–H and O–H groups in total. The molecule has 0 aliphatic carbocycles. The molecule has 0 saturated carbocycles. The van der Waals surface area contributed by atoms with E-state index in [0.717, 1.165) is 0 Å². The van der Waals surface area contributed by atoms with Crippen LogP contribution < -0.4 is 10.2 Å². The lowest BCUT2D eigenvalue weighted by atomic mass is 9.87. The number of hydrogen-bond acceptors (Lipinski definition) is 8. The summed E-state index contributed by atoms with van der Waals surface area (Å²) in [6.07, 6.45) is 0.405. The Morgan fingerprint density at radius 2 is 1.79 bits per heavy atom. The Balaban J connectivity index is 1.35. The number of carbonyl (C=O) groups is 5. The van der Waals surface area contributed by atoms with Crippen LogP contribution in [0.15, 0.2) is 18.2 Å². The fourth-order valence-electron chi connectivity index (χ4n) is 4.41. The number of amides is 4. The van der Waals surface area contributed by atoms with E-state index in [2.05, 4.69) is 5.32 Å². The number of benzene rings is 1. The Morgan fingerprint density at radius 3 is 2.39 bits per heavy atom. The Morgan fingerprint density at radius 1 is 1.12 bits per heavy atom. The first-order valence-corrected chi connectivity index (χ1v) is 10.8. The van der Waals surface area contributed by atoms with E-state index in [-0.39, 0.29) is 51.1 Å². The van der Waals surface area contributed by atoms with Gasteiger partial charge in [0.05, 0.1) is 23.6 Å². The van der Waals surface area contributed by atoms with Crippen molar-refractivity contribution in [2.24, 2.45) is 0 Å². The largest absolute Gasteiger partial charge is 0.389 e. The van der Waals surface area contributed by atoms with Crippen LogP contribution in [0.4, 0.5) is 10.1 Å². The molecule has 0 aromatic heterocycles. The van der Waals surface area contributed by atoms with Crippen LogP contribution in [0.2, 0.25) is 0 Å². The third kappa shape index (κ3) is 4.87. The van der Waals surface area contributed by atoms with Crippen LogP contribution in [0.3, 0.4) is 0 Å². The lowest BCUT2D eigenvalue weighted by molar-refractivity contribution is -0.200. The number of anilines is 1. The maximum atomic E-state index is 14.9. The monoisotopic (exact) mass is 461 g/mol. The zero-order valence-corrected chi connectivity index (χ0v) is 17.8. The summed E-state index contributed by atoms with van der Waals surface area (Å²) >= 11 is 0. The summed E-state index contributed by atoms with van der Waals surface area (Å²) < 4.78 is 14.9. The van der Waals surface area contributed by atoms with Gasteiger partial charge in [-0.25, -0.2) is 9.18 Å². The van der Waals surface area contributed by atoms with Gasteiger partial charge in [0, 0.05) is 32.4 Å². The highest BCUT2D eigenvalue weighted by atomic mass is 19.1. The molecule has 3 aliphatic rings. The molecular formula is C22H24FN3O7. The maximum Gasteiger partial charge on any atom is 0.336 e. The summed E-state index contributed by atoms with van der Waals surface area (Å²) in [7, 11) is 0. The fraction of sp³-hybridized carbons (Fsp3) is 0.500. The van der Waals surface area contributed by atoms with E-state index in [0.29, 0.717) is 22.7 Å². The third-order valence-electron chi connectivity index (χ3n) is 6.32. The molecule has 1 aromatic rings. The predicted octanol–water partition coefficient (Wildman–Crippen LogP) is 0.674. The first-order chi connectivity index (χ1) is 15.6. The predicted molar refractivity (Wildman–Crippen MR) is 110 cm³/mol. The summed E-state index contributed by atoms with van der Waals surface area (Å²) in [5.41, 5.74) is -0.602. The summed E-state index contributed by atoms with van der Waals surface area (Å²) in [5, 5.41) is 13.5. The first kappa shape index (κ1) is 22.8. The number of hydrogen-bond donors (Lipinski definition) is 2. The summed E-state index contributed by atoms with van der Waals surface area (Å²) in [4.78, 5) is 65.2. The second-order valence-corrected chi connectivity index (χ2v) is 8.65. The van der Waals surface area contributed by atoms with Crippen molar-refractivity contribution < 1.29 is 38.3 Å². The number of carbonyl (C=O) groups excluding carboxylic acids is 5. The number of nitrogens with one attached hydrogen (secondary N) is 1. The van der Waals surface area contributed by atoms with Gasteiger partial charge in [0.2, 0.25) is 11.8 Å². The number of imide groups is 2. The molecule has 3 heterocycles. The van der Waals surface area contributed by atoms with Gasteiger partial charge in [-0.1, -0.05) is 6.07 Å². The molecule has 3 saturated heterocycles. The zero-order chi connectivity index (χ0) is 23.8. The van der Waals surface area contributed by atoms with Crippen molar-refractivity contribution in [3.8, 4) is 0 Å². The van der Waals surface area contributed by atoms with Gasteiger partial charge in [0.15, 0.2) is 0 Å². The molecular weight excluding hydrogens is 437 g/mol. The highest BCUT2D eigenvalue weighted by molar-refractivity contribution is 6.02. The number of rotatable bonds is 5. The summed E-state index contributed by atoms with van der Waals surface area (Å²) in [5.74, 6) is -3.94. The molecule has 4 amide bonds. The van der Waals surface area contributed by atoms with Crippen LogP contribution in [0.25, 0.3) is 0 Å². The van der Waals surface area contributed by atoms with Crippen LogP contribution in [-0.4, -0.2) is 58.5 Å². The fourth-order valence-corrected chi connectivity index (χ4v) is 4.41. The van der Waals surface area contributed by atoms with E-state index in [4.69, 9.17) is 4.84 Å². The molecule has 1 atom stereocenters. The van der Waals surface area contributed by atoms with E-state index in [1.807, 2.05) is 0 Å². The van der Waals surface area contributed by atoms with Gasteiger partial charge in [-0.3, -0.25) is 24.5 Å². The topological polar surface area (TPSA) is 133 Å². The Bertz CT molecular complexity index is 1000. The molecule has 3 aliphatic heterocycles. The maximum absolute atomic E-state index is 14.9. The number of hydroxylamine groups is 2. The molecule has 1 unspecified atom stereocenters. The van der Waals surface area contributed by atoms with Crippen molar-refractivity contribution in [2.45, 2.75) is 56.5 Å². The van der Waals surface area contributed by atoms with Gasteiger partial charge < -0.3 is 14.8 Å². The Kier molecular flexibility index (Phi) is 6.15. The first-order valence-electron chi connectivity index (χ1n) is 10.8. The lowest BCUT2D eigenvalue weighted by Crippen LogP contribution is -2.46. The normalized spacial score (nSPS) is 23.0. The van der Waals surface area contributed by atoms with Crippen LogP contribution >= 0.6 is 0 Å². The van der Waals surface area contributed by atoms with Gasteiger partial charge in [-0.15, -0.1) is 5.06 Å². The molecule has 4 rings (SSSR count). The Hall–Kier alpha value is -3.34. The minimum absolute atomic E-state index is 0.0146. The van der Waals surface area contributed by atoms with Crippen LogP contribution in [0, 0.1) is 5.82 Å². The standard InChI is InChI=1S/C22H24FN3O7/c23-15-11-13(14-2-4-17(27)24-21(14)31)1-3-16(15)25-9-7-22(32,8-10-25)12-20(30)33-26-18(28)5-6-19(26)29/h1,3,11,14,32H,2,4-10,12H2,(H,24,27,31). The molecule has 0 radical (unpaired) electrons. The Labute approximate surface area is 188 Å². The molecule has 3 fully saturated rings. The van der Waals surface area contributed by atoms with Crippen molar-refractivity contribution >= 4 is 35.3 Å². The molecule has 0 bridgehead atoms. The van der Waals surface area contributed by atoms with Crippen molar-refractivity contribution in [1.82, 2.24) is 10.4 Å². The van der Waals surface area contributed by atoms with Crippen molar-refractivity contribution in [2.75, 3.05) is 18.0 Å². The van der Waals surface area contributed by atoms with E-state index in [9.17, 15) is 33.5 Å². The van der Waals surface area contributed by atoms with E-state index in [1.54, 1.807) is 17.0 Å². The molecule has 33 heavy (non-hydrogen) atoms. The van der Waals surface area contributed by atoms with Gasteiger partial charge in [0.1, 0.15) is 5.82 Å². The second-order valence-electron chi connectivity index (χ2n) is 8.65. The van der Waals surface area contributed by atoms with E-state index < -0.39 is 47.4 Å². The highest BCUT2D eigenvalue weighted by Gasteiger charge is 2.39. The second kappa shape index (κ2) is 8.89. The molecule has 0 spiro atoms. The number of nitrogens with zero attached hydrogens (tertiary/aromatic N) is 2. The van der Waals surface area contributed by atoms with Gasteiger partial charge in [-0.2, -0.15) is 0 Å². The SMILES string of the molecule is O=C1CCC(c2ccc(N3CCC(O)(CC(=O)ON4C(=O)CCC4=O)CC3)c(F)c2)C(=O)N1. The zero-order valence-electron chi connectivity index (χ0n) is 17.8.